The number of hydrogen-bond acceptors (Lipinski definition) is 4. The maximum atomic E-state index is 13.0. The van der Waals surface area contributed by atoms with E-state index in [1.165, 1.54) is 17.0 Å². The first-order valence-electron chi connectivity index (χ1n) is 8.86. The zero-order chi connectivity index (χ0) is 17.4. The maximum absolute atomic E-state index is 13.0. The van der Waals surface area contributed by atoms with Crippen molar-refractivity contribution in [3.8, 4) is 0 Å². The Morgan fingerprint density at radius 3 is 2.00 bits per heavy atom. The molecule has 3 aliphatic rings. The largest absolute Gasteiger partial charge is 0.369 e. The number of amides is 2. The van der Waals surface area contributed by atoms with Crippen LogP contribution in [0.3, 0.4) is 0 Å². The molecule has 2 heterocycles. The Bertz CT molecular complexity index is 669. The molecule has 0 radical (unpaired) electrons. The molecule has 2 fully saturated rings. The van der Waals surface area contributed by atoms with E-state index >= 15 is 0 Å². The number of fused-ring (bicyclic) bond motifs is 1. The van der Waals surface area contributed by atoms with Gasteiger partial charge < -0.3 is 4.90 Å². The SMILES string of the molecule is O=C1C2CC=CCC2C(=O)N1CN1CCN(c2ccc(F)cc2)CC1. The van der Waals surface area contributed by atoms with E-state index < -0.39 is 0 Å². The van der Waals surface area contributed by atoms with Gasteiger partial charge in [0.1, 0.15) is 5.82 Å². The number of likely N-dealkylation sites (tertiary alicyclic amines) is 1. The molecule has 2 unspecified atom stereocenters. The summed E-state index contributed by atoms with van der Waals surface area (Å²) in [5, 5.41) is 0. The summed E-state index contributed by atoms with van der Waals surface area (Å²) in [6.45, 7) is 3.55. The minimum absolute atomic E-state index is 0.0136. The van der Waals surface area contributed by atoms with Crippen molar-refractivity contribution in [3.63, 3.8) is 0 Å². The van der Waals surface area contributed by atoms with Crippen molar-refractivity contribution in [2.75, 3.05) is 37.7 Å². The average molecular weight is 343 g/mol. The summed E-state index contributed by atoms with van der Waals surface area (Å²) in [6.07, 6.45) is 5.39. The second kappa shape index (κ2) is 6.59. The Kier molecular flexibility index (Phi) is 4.29. The predicted octanol–water partition coefficient (Wildman–Crippen LogP) is 1.86. The quantitative estimate of drug-likeness (QED) is 0.621. The van der Waals surface area contributed by atoms with Gasteiger partial charge in [0.25, 0.3) is 0 Å². The van der Waals surface area contributed by atoms with Crippen molar-refractivity contribution in [1.29, 1.82) is 0 Å². The lowest BCUT2D eigenvalue weighted by atomic mass is 9.85. The molecule has 5 nitrogen and oxygen atoms in total. The Balaban J connectivity index is 1.35. The number of imide groups is 1. The molecule has 2 amide bonds. The van der Waals surface area contributed by atoms with E-state index in [-0.39, 0.29) is 29.5 Å². The summed E-state index contributed by atoms with van der Waals surface area (Å²) >= 11 is 0. The van der Waals surface area contributed by atoms with E-state index in [0.29, 0.717) is 19.5 Å². The number of piperazine rings is 1. The molecule has 1 aliphatic carbocycles. The van der Waals surface area contributed by atoms with Crippen LogP contribution in [0.1, 0.15) is 12.8 Å². The van der Waals surface area contributed by atoms with Crippen LogP contribution in [0.5, 0.6) is 0 Å². The lowest BCUT2D eigenvalue weighted by Gasteiger charge is -2.37. The van der Waals surface area contributed by atoms with Gasteiger partial charge in [-0.1, -0.05) is 12.2 Å². The fraction of sp³-hybridized carbons (Fsp3) is 0.474. The number of allylic oxidation sites excluding steroid dienone is 2. The number of carbonyl (C=O) groups is 2. The van der Waals surface area contributed by atoms with Crippen molar-refractivity contribution in [2.45, 2.75) is 12.8 Å². The van der Waals surface area contributed by atoms with Crippen LogP contribution in [0.2, 0.25) is 0 Å². The van der Waals surface area contributed by atoms with E-state index in [1.807, 2.05) is 12.2 Å². The second-order valence-corrected chi connectivity index (χ2v) is 6.98. The number of nitrogens with zero attached hydrogens (tertiary/aromatic N) is 3. The van der Waals surface area contributed by atoms with E-state index in [1.54, 1.807) is 12.1 Å². The van der Waals surface area contributed by atoms with Crippen molar-refractivity contribution < 1.29 is 14.0 Å². The third-order valence-electron chi connectivity index (χ3n) is 5.50. The third-order valence-corrected chi connectivity index (χ3v) is 5.50. The molecule has 2 saturated heterocycles. The highest BCUT2D eigenvalue weighted by Gasteiger charge is 2.47. The standard InChI is InChI=1S/C19H22FN3O2/c20-14-5-7-15(8-6-14)22-11-9-21(10-12-22)13-23-18(24)16-3-1-2-4-17(16)19(23)25/h1-2,5-8,16-17H,3-4,9-13H2. The molecule has 0 saturated carbocycles. The fourth-order valence-corrected chi connectivity index (χ4v) is 4.01. The van der Waals surface area contributed by atoms with Crippen molar-refractivity contribution in [1.82, 2.24) is 9.80 Å². The molecule has 1 aromatic rings. The highest BCUT2D eigenvalue weighted by atomic mass is 19.1. The van der Waals surface area contributed by atoms with E-state index in [4.69, 9.17) is 0 Å². The Labute approximate surface area is 146 Å². The average Bonchev–Trinajstić information content (AvgIpc) is 2.88. The van der Waals surface area contributed by atoms with Gasteiger partial charge in [0.2, 0.25) is 11.8 Å². The zero-order valence-electron chi connectivity index (χ0n) is 14.1. The molecule has 2 atom stereocenters. The molecule has 25 heavy (non-hydrogen) atoms. The maximum Gasteiger partial charge on any atom is 0.234 e. The minimum Gasteiger partial charge on any atom is -0.369 e. The number of anilines is 1. The van der Waals surface area contributed by atoms with Gasteiger partial charge in [-0.25, -0.2) is 4.39 Å². The number of halogens is 1. The van der Waals surface area contributed by atoms with Gasteiger partial charge in [-0.05, 0) is 37.1 Å². The normalized spacial score (nSPS) is 27.1. The van der Waals surface area contributed by atoms with Crippen LogP contribution in [-0.4, -0.2) is 54.5 Å². The van der Waals surface area contributed by atoms with E-state index in [0.717, 1.165) is 31.9 Å². The molecular weight excluding hydrogens is 321 g/mol. The smallest absolute Gasteiger partial charge is 0.234 e. The molecule has 0 N–H and O–H groups in total. The van der Waals surface area contributed by atoms with Gasteiger partial charge in [0.15, 0.2) is 0 Å². The van der Waals surface area contributed by atoms with Crippen molar-refractivity contribution >= 4 is 17.5 Å². The molecule has 0 bridgehead atoms. The minimum atomic E-state index is -0.232. The number of rotatable bonds is 3. The van der Waals surface area contributed by atoms with Crippen LogP contribution in [0, 0.1) is 17.7 Å². The monoisotopic (exact) mass is 343 g/mol. The summed E-state index contributed by atoms with van der Waals surface area (Å²) in [4.78, 5) is 30.9. The van der Waals surface area contributed by atoms with Crippen molar-refractivity contribution in [3.05, 3.63) is 42.2 Å². The fourth-order valence-electron chi connectivity index (χ4n) is 4.01. The molecule has 1 aromatic carbocycles. The Morgan fingerprint density at radius 1 is 0.880 bits per heavy atom. The zero-order valence-corrected chi connectivity index (χ0v) is 14.1. The van der Waals surface area contributed by atoms with Crippen LogP contribution in [0.25, 0.3) is 0 Å². The van der Waals surface area contributed by atoms with Gasteiger partial charge in [-0.3, -0.25) is 19.4 Å². The highest BCUT2D eigenvalue weighted by Crippen LogP contribution is 2.35. The number of benzene rings is 1. The molecule has 0 aromatic heterocycles. The lowest BCUT2D eigenvalue weighted by molar-refractivity contribution is -0.142. The summed E-state index contributed by atoms with van der Waals surface area (Å²) < 4.78 is 13.0. The second-order valence-electron chi connectivity index (χ2n) is 6.98. The van der Waals surface area contributed by atoms with Gasteiger partial charge in [-0.2, -0.15) is 0 Å². The molecule has 132 valence electrons. The van der Waals surface area contributed by atoms with Gasteiger partial charge in [0.05, 0.1) is 18.5 Å². The van der Waals surface area contributed by atoms with Crippen LogP contribution in [-0.2, 0) is 9.59 Å². The van der Waals surface area contributed by atoms with Gasteiger partial charge in [0, 0.05) is 31.9 Å². The van der Waals surface area contributed by atoms with Crippen LogP contribution in [0.4, 0.5) is 10.1 Å². The molecule has 0 spiro atoms. The Hall–Kier alpha value is -2.21. The van der Waals surface area contributed by atoms with Crippen LogP contribution in [0.15, 0.2) is 36.4 Å². The number of carbonyl (C=O) groups excluding carboxylic acids is 2. The topological polar surface area (TPSA) is 43.9 Å². The number of hydrogen-bond donors (Lipinski definition) is 0. The Morgan fingerprint density at radius 2 is 1.44 bits per heavy atom. The molecular formula is C19H22FN3O2. The van der Waals surface area contributed by atoms with E-state index in [9.17, 15) is 14.0 Å². The van der Waals surface area contributed by atoms with Crippen LogP contribution < -0.4 is 4.90 Å². The molecule has 4 rings (SSSR count). The van der Waals surface area contributed by atoms with Crippen LogP contribution >= 0.6 is 0 Å². The first kappa shape index (κ1) is 16.3. The summed E-state index contributed by atoms with van der Waals surface area (Å²) in [5.41, 5.74) is 1.01. The third kappa shape index (κ3) is 3.06. The van der Waals surface area contributed by atoms with E-state index in [2.05, 4.69) is 9.80 Å². The van der Waals surface area contributed by atoms with Crippen molar-refractivity contribution in [2.24, 2.45) is 11.8 Å². The predicted molar refractivity (Wildman–Crippen MR) is 92.3 cm³/mol. The first-order valence-corrected chi connectivity index (χ1v) is 8.86. The summed E-state index contributed by atoms with van der Waals surface area (Å²) in [5.74, 6) is -0.568. The first-order chi connectivity index (χ1) is 12.1. The molecule has 6 heteroatoms. The molecule has 2 aliphatic heterocycles. The summed E-state index contributed by atoms with van der Waals surface area (Å²) in [7, 11) is 0. The van der Waals surface area contributed by atoms with Gasteiger partial charge in [-0.15, -0.1) is 0 Å². The lowest BCUT2D eigenvalue weighted by Crippen LogP contribution is -2.51. The highest BCUT2D eigenvalue weighted by molar-refractivity contribution is 6.05. The van der Waals surface area contributed by atoms with Gasteiger partial charge >= 0.3 is 0 Å². The summed E-state index contributed by atoms with van der Waals surface area (Å²) in [6, 6.07) is 6.52.